The molecule has 0 spiro atoms. The lowest BCUT2D eigenvalue weighted by molar-refractivity contribution is 0.101. The maximum Gasteiger partial charge on any atom is 0.159 e. The Hall–Kier alpha value is -2.33. The molecule has 3 aromatic rings. The third-order valence-corrected chi connectivity index (χ3v) is 4.28. The van der Waals surface area contributed by atoms with Gasteiger partial charge in [0, 0.05) is 5.56 Å². The predicted molar refractivity (Wildman–Crippen MR) is 92.6 cm³/mol. The molecule has 0 aliphatic carbocycles. The fourth-order valence-corrected chi connectivity index (χ4v) is 2.85. The van der Waals surface area contributed by atoms with E-state index in [1.807, 2.05) is 36.4 Å². The van der Waals surface area contributed by atoms with E-state index in [1.165, 1.54) is 6.92 Å². The Balaban J connectivity index is 2.00. The maximum absolute atomic E-state index is 11.4. The summed E-state index contributed by atoms with van der Waals surface area (Å²) in [5.74, 6) is 1.19. The van der Waals surface area contributed by atoms with Crippen molar-refractivity contribution in [2.45, 2.75) is 6.92 Å². The summed E-state index contributed by atoms with van der Waals surface area (Å²) in [5, 5.41) is 2.19. The quantitative estimate of drug-likeness (QED) is 0.520. The maximum atomic E-state index is 11.4. The highest BCUT2D eigenvalue weighted by Crippen LogP contribution is 2.37. The Morgan fingerprint density at radius 2 is 1.77 bits per heavy atom. The van der Waals surface area contributed by atoms with Crippen LogP contribution < -0.4 is 10.5 Å². The number of ketones is 1. The zero-order valence-corrected chi connectivity index (χ0v) is 13.6. The van der Waals surface area contributed by atoms with Gasteiger partial charge in [0.1, 0.15) is 11.5 Å². The van der Waals surface area contributed by atoms with Gasteiger partial charge in [-0.15, -0.1) is 0 Å². The van der Waals surface area contributed by atoms with Crippen LogP contribution in [0.3, 0.4) is 0 Å². The minimum atomic E-state index is -0.0230. The Morgan fingerprint density at radius 1 is 1.05 bits per heavy atom. The summed E-state index contributed by atoms with van der Waals surface area (Å²) >= 11 is 3.58. The van der Waals surface area contributed by atoms with Crippen LogP contribution in [0, 0.1) is 0 Å². The van der Waals surface area contributed by atoms with Crippen LogP contribution in [0.5, 0.6) is 11.5 Å². The van der Waals surface area contributed by atoms with E-state index in [1.54, 1.807) is 18.2 Å². The van der Waals surface area contributed by atoms with Gasteiger partial charge in [0.05, 0.1) is 10.2 Å². The van der Waals surface area contributed by atoms with Crippen molar-refractivity contribution in [1.29, 1.82) is 0 Å². The van der Waals surface area contributed by atoms with Crippen LogP contribution in [-0.4, -0.2) is 5.78 Å². The first-order valence-electron chi connectivity index (χ1n) is 6.82. The highest BCUT2D eigenvalue weighted by atomic mass is 79.9. The molecule has 3 aromatic carbocycles. The minimum absolute atomic E-state index is 0.0230. The number of carbonyl (C=O) groups excluding carboxylic acids is 1. The molecule has 0 radical (unpaired) electrons. The van der Waals surface area contributed by atoms with Crippen molar-refractivity contribution in [1.82, 2.24) is 0 Å². The molecule has 0 atom stereocenters. The molecular formula is C18H14BrNO2. The van der Waals surface area contributed by atoms with E-state index < -0.39 is 0 Å². The average Bonchev–Trinajstić information content (AvgIpc) is 2.52. The summed E-state index contributed by atoms with van der Waals surface area (Å²) in [7, 11) is 0. The first-order chi connectivity index (χ1) is 10.6. The van der Waals surface area contributed by atoms with Crippen molar-refractivity contribution >= 4 is 38.2 Å². The van der Waals surface area contributed by atoms with Crippen molar-refractivity contribution in [2.24, 2.45) is 0 Å². The SMILES string of the molecule is CC(=O)c1ccc(Oc2ccc3ccccc3c2Br)c(N)c1. The van der Waals surface area contributed by atoms with Crippen LogP contribution in [0.4, 0.5) is 5.69 Å². The number of Topliss-reactive ketones (excluding diaryl/α,β-unsaturated/α-hetero) is 1. The smallest absolute Gasteiger partial charge is 0.159 e. The highest BCUT2D eigenvalue weighted by molar-refractivity contribution is 9.10. The molecule has 110 valence electrons. The van der Waals surface area contributed by atoms with Crippen molar-refractivity contribution < 1.29 is 9.53 Å². The van der Waals surface area contributed by atoms with Gasteiger partial charge in [-0.1, -0.05) is 30.3 Å². The number of nitrogen functional groups attached to an aromatic ring is 1. The van der Waals surface area contributed by atoms with Crippen molar-refractivity contribution in [3.63, 3.8) is 0 Å². The summed E-state index contributed by atoms with van der Waals surface area (Å²) in [6, 6.07) is 17.0. The number of anilines is 1. The van der Waals surface area contributed by atoms with Gasteiger partial charge >= 0.3 is 0 Å². The molecule has 0 fully saturated rings. The second kappa shape index (κ2) is 5.81. The zero-order valence-electron chi connectivity index (χ0n) is 12.0. The van der Waals surface area contributed by atoms with E-state index in [2.05, 4.69) is 15.9 Å². The number of rotatable bonds is 3. The summed E-state index contributed by atoms with van der Waals surface area (Å²) in [6.07, 6.45) is 0. The third-order valence-electron chi connectivity index (χ3n) is 3.46. The molecule has 0 aromatic heterocycles. The van der Waals surface area contributed by atoms with E-state index in [9.17, 15) is 4.79 Å². The van der Waals surface area contributed by atoms with Crippen LogP contribution in [0.25, 0.3) is 10.8 Å². The Morgan fingerprint density at radius 3 is 2.50 bits per heavy atom. The van der Waals surface area contributed by atoms with Gasteiger partial charge in [-0.2, -0.15) is 0 Å². The second-order valence-corrected chi connectivity index (χ2v) is 5.80. The molecule has 0 amide bonds. The van der Waals surface area contributed by atoms with Gasteiger partial charge in [-0.05, 0) is 57.9 Å². The Bertz CT molecular complexity index is 874. The Kier molecular flexibility index (Phi) is 3.86. The lowest BCUT2D eigenvalue weighted by Crippen LogP contribution is -1.97. The van der Waals surface area contributed by atoms with E-state index in [-0.39, 0.29) is 5.78 Å². The standard InChI is InChI=1S/C18H14BrNO2/c1-11(21)13-7-8-16(15(20)10-13)22-17-9-6-12-4-2-3-5-14(12)18(17)19/h2-10H,20H2,1H3. The van der Waals surface area contributed by atoms with Crippen molar-refractivity contribution in [3.8, 4) is 11.5 Å². The molecule has 0 saturated carbocycles. The number of nitrogens with two attached hydrogens (primary N) is 1. The molecule has 2 N–H and O–H groups in total. The number of carbonyl (C=O) groups is 1. The van der Waals surface area contributed by atoms with Crippen LogP contribution in [0.1, 0.15) is 17.3 Å². The largest absolute Gasteiger partial charge is 0.454 e. The summed E-state index contributed by atoms with van der Waals surface area (Å²) in [5.41, 5.74) is 6.99. The number of hydrogen-bond acceptors (Lipinski definition) is 3. The monoisotopic (exact) mass is 355 g/mol. The molecule has 22 heavy (non-hydrogen) atoms. The molecule has 0 saturated heterocycles. The van der Waals surface area contributed by atoms with Gasteiger partial charge in [0.25, 0.3) is 0 Å². The lowest BCUT2D eigenvalue weighted by Gasteiger charge is -2.12. The van der Waals surface area contributed by atoms with E-state index in [4.69, 9.17) is 10.5 Å². The molecule has 0 heterocycles. The average molecular weight is 356 g/mol. The fraction of sp³-hybridized carbons (Fsp3) is 0.0556. The molecule has 4 heteroatoms. The number of fused-ring (bicyclic) bond motifs is 1. The van der Waals surface area contributed by atoms with Crippen LogP contribution in [0.2, 0.25) is 0 Å². The minimum Gasteiger partial charge on any atom is -0.454 e. The molecule has 3 rings (SSSR count). The van der Waals surface area contributed by atoms with E-state index >= 15 is 0 Å². The highest BCUT2D eigenvalue weighted by Gasteiger charge is 2.10. The molecule has 0 bridgehead atoms. The topological polar surface area (TPSA) is 52.3 Å². The number of ether oxygens (including phenoxy) is 1. The molecule has 3 nitrogen and oxygen atoms in total. The van der Waals surface area contributed by atoms with Gasteiger partial charge in [0.15, 0.2) is 5.78 Å². The molecule has 0 aliphatic heterocycles. The van der Waals surface area contributed by atoms with Crippen LogP contribution >= 0.6 is 15.9 Å². The summed E-state index contributed by atoms with van der Waals surface area (Å²) in [6.45, 7) is 1.51. The second-order valence-electron chi connectivity index (χ2n) is 5.01. The molecule has 0 aliphatic rings. The van der Waals surface area contributed by atoms with Crippen molar-refractivity contribution in [3.05, 3.63) is 64.6 Å². The van der Waals surface area contributed by atoms with Gasteiger partial charge in [-0.3, -0.25) is 4.79 Å². The molecule has 0 unspecified atom stereocenters. The first-order valence-corrected chi connectivity index (χ1v) is 7.61. The molecular weight excluding hydrogens is 342 g/mol. The van der Waals surface area contributed by atoms with Gasteiger partial charge in [-0.25, -0.2) is 0 Å². The number of hydrogen-bond donors (Lipinski definition) is 1. The number of benzene rings is 3. The van der Waals surface area contributed by atoms with Crippen molar-refractivity contribution in [2.75, 3.05) is 5.73 Å². The Labute approximate surface area is 136 Å². The third kappa shape index (κ3) is 2.70. The van der Waals surface area contributed by atoms with Crippen LogP contribution in [-0.2, 0) is 0 Å². The normalized spacial score (nSPS) is 10.6. The summed E-state index contributed by atoms with van der Waals surface area (Å²) in [4.78, 5) is 11.4. The first kappa shape index (κ1) is 14.6. The van der Waals surface area contributed by atoms with Gasteiger partial charge in [0.2, 0.25) is 0 Å². The van der Waals surface area contributed by atoms with E-state index in [0.29, 0.717) is 22.7 Å². The predicted octanol–water partition coefficient (Wildman–Crippen LogP) is 5.18. The lowest BCUT2D eigenvalue weighted by atomic mass is 10.1. The van der Waals surface area contributed by atoms with Gasteiger partial charge < -0.3 is 10.5 Å². The zero-order chi connectivity index (χ0) is 15.7. The van der Waals surface area contributed by atoms with E-state index in [0.717, 1.165) is 15.2 Å². The van der Waals surface area contributed by atoms with Crippen LogP contribution in [0.15, 0.2) is 59.1 Å². The fourth-order valence-electron chi connectivity index (χ4n) is 2.27. The summed E-state index contributed by atoms with van der Waals surface area (Å²) < 4.78 is 6.78. The number of halogens is 1.